The summed E-state index contributed by atoms with van der Waals surface area (Å²) in [7, 11) is 0. The van der Waals surface area contributed by atoms with Crippen LogP contribution >= 0.6 is 0 Å². The Labute approximate surface area is 171 Å². The Bertz CT molecular complexity index is 511. The number of carboxylic acid groups (broad SMARTS) is 2. The van der Waals surface area contributed by atoms with Crippen molar-refractivity contribution in [2.45, 2.75) is 111 Å². The van der Waals surface area contributed by atoms with Crippen LogP contribution < -0.4 is 0 Å². The number of carboxylic acids is 2. The van der Waals surface area contributed by atoms with Crippen LogP contribution in [-0.2, 0) is 9.59 Å². The van der Waals surface area contributed by atoms with Crippen molar-refractivity contribution in [2.24, 2.45) is 16.7 Å². The molecule has 0 saturated heterocycles. The van der Waals surface area contributed by atoms with Gasteiger partial charge in [0.05, 0.1) is 10.8 Å². The van der Waals surface area contributed by atoms with Crippen molar-refractivity contribution in [3.05, 3.63) is 12.2 Å². The number of hydrogen-bond donors (Lipinski definition) is 2. The summed E-state index contributed by atoms with van der Waals surface area (Å²) in [5.41, 5.74) is -2.38. The first-order valence-electron chi connectivity index (χ1n) is 11.4. The summed E-state index contributed by atoms with van der Waals surface area (Å²) >= 11 is 0. The van der Waals surface area contributed by atoms with Gasteiger partial charge in [-0.25, -0.2) is 0 Å². The first kappa shape index (κ1) is 24.7. The van der Waals surface area contributed by atoms with Crippen molar-refractivity contribution in [1.82, 2.24) is 0 Å². The normalized spacial score (nSPS) is 24.6. The zero-order valence-electron chi connectivity index (χ0n) is 18.3. The molecular formula is C24H42O4. The van der Waals surface area contributed by atoms with Gasteiger partial charge in [0, 0.05) is 0 Å². The van der Waals surface area contributed by atoms with Crippen LogP contribution in [0.5, 0.6) is 0 Å². The molecule has 0 amide bonds. The average molecular weight is 395 g/mol. The van der Waals surface area contributed by atoms with Crippen LogP contribution in [-0.4, -0.2) is 22.2 Å². The second-order valence-corrected chi connectivity index (χ2v) is 9.18. The molecule has 2 N–H and O–H groups in total. The Morgan fingerprint density at radius 1 is 0.786 bits per heavy atom. The molecule has 2 unspecified atom stereocenters. The van der Waals surface area contributed by atoms with Gasteiger partial charge in [-0.15, -0.1) is 0 Å². The molecule has 0 saturated carbocycles. The smallest absolute Gasteiger partial charge is 0.311 e. The van der Waals surface area contributed by atoms with Gasteiger partial charge in [0.25, 0.3) is 0 Å². The van der Waals surface area contributed by atoms with Crippen LogP contribution in [0.15, 0.2) is 12.2 Å². The summed E-state index contributed by atoms with van der Waals surface area (Å²) < 4.78 is 0. The van der Waals surface area contributed by atoms with Crippen molar-refractivity contribution in [2.75, 3.05) is 0 Å². The highest BCUT2D eigenvalue weighted by atomic mass is 16.4. The molecule has 4 heteroatoms. The van der Waals surface area contributed by atoms with Gasteiger partial charge in [0.2, 0.25) is 0 Å². The van der Waals surface area contributed by atoms with E-state index in [1.165, 1.54) is 44.9 Å². The van der Waals surface area contributed by atoms with Crippen LogP contribution in [0.3, 0.4) is 0 Å². The Morgan fingerprint density at radius 2 is 1.21 bits per heavy atom. The Morgan fingerprint density at radius 3 is 1.64 bits per heavy atom. The van der Waals surface area contributed by atoms with Crippen molar-refractivity contribution >= 4 is 11.9 Å². The van der Waals surface area contributed by atoms with E-state index in [1.807, 2.05) is 26.0 Å². The molecule has 2 atom stereocenters. The number of aliphatic carboxylic acids is 2. The maximum atomic E-state index is 12.4. The van der Waals surface area contributed by atoms with E-state index in [-0.39, 0.29) is 5.92 Å². The van der Waals surface area contributed by atoms with Crippen LogP contribution in [0.4, 0.5) is 0 Å². The van der Waals surface area contributed by atoms with Crippen LogP contribution in [0, 0.1) is 16.7 Å². The number of allylic oxidation sites excluding steroid dienone is 2. The minimum Gasteiger partial charge on any atom is -0.481 e. The summed E-state index contributed by atoms with van der Waals surface area (Å²) in [6, 6.07) is 0. The van der Waals surface area contributed by atoms with Crippen molar-refractivity contribution in [3.8, 4) is 0 Å². The van der Waals surface area contributed by atoms with E-state index < -0.39 is 22.8 Å². The molecule has 0 spiro atoms. The third-order valence-corrected chi connectivity index (χ3v) is 6.55. The van der Waals surface area contributed by atoms with Gasteiger partial charge >= 0.3 is 11.9 Å². The van der Waals surface area contributed by atoms with Gasteiger partial charge in [-0.05, 0) is 31.6 Å². The molecule has 162 valence electrons. The summed E-state index contributed by atoms with van der Waals surface area (Å²) in [4.78, 5) is 24.7. The SMILES string of the molecule is CCCCCCCCCCCCC1(C(=O)O)CC=CCC1(CC(C)C)C(=O)O. The Balaban J connectivity index is 2.63. The zero-order valence-corrected chi connectivity index (χ0v) is 18.3. The quantitative estimate of drug-likeness (QED) is 0.236. The summed E-state index contributed by atoms with van der Waals surface area (Å²) in [6.45, 7) is 6.19. The van der Waals surface area contributed by atoms with E-state index in [9.17, 15) is 19.8 Å². The minimum absolute atomic E-state index is 0.147. The van der Waals surface area contributed by atoms with Gasteiger partial charge in [-0.2, -0.15) is 0 Å². The lowest BCUT2D eigenvalue weighted by Crippen LogP contribution is -2.54. The van der Waals surface area contributed by atoms with Gasteiger partial charge < -0.3 is 10.2 Å². The lowest BCUT2D eigenvalue weighted by Gasteiger charge is -2.47. The van der Waals surface area contributed by atoms with E-state index in [2.05, 4.69) is 6.92 Å². The molecule has 0 aliphatic heterocycles. The second-order valence-electron chi connectivity index (χ2n) is 9.18. The van der Waals surface area contributed by atoms with Crippen molar-refractivity contribution < 1.29 is 19.8 Å². The van der Waals surface area contributed by atoms with Gasteiger partial charge in [-0.1, -0.05) is 97.1 Å². The lowest BCUT2D eigenvalue weighted by atomic mass is 9.53. The average Bonchev–Trinajstić information content (AvgIpc) is 2.63. The van der Waals surface area contributed by atoms with E-state index >= 15 is 0 Å². The molecule has 28 heavy (non-hydrogen) atoms. The summed E-state index contributed by atoms with van der Waals surface area (Å²) in [5.74, 6) is -1.73. The van der Waals surface area contributed by atoms with Crippen molar-refractivity contribution in [1.29, 1.82) is 0 Å². The second kappa shape index (κ2) is 12.3. The predicted octanol–water partition coefficient (Wildman–Crippen LogP) is 6.84. The maximum Gasteiger partial charge on any atom is 0.311 e. The Hall–Kier alpha value is -1.32. The molecule has 1 aliphatic carbocycles. The summed E-state index contributed by atoms with van der Waals surface area (Å²) in [6.07, 6.45) is 17.2. The van der Waals surface area contributed by atoms with E-state index in [1.54, 1.807) is 0 Å². The first-order valence-corrected chi connectivity index (χ1v) is 11.4. The fourth-order valence-corrected chi connectivity index (χ4v) is 4.97. The van der Waals surface area contributed by atoms with Gasteiger partial charge in [-0.3, -0.25) is 9.59 Å². The topological polar surface area (TPSA) is 74.6 Å². The fourth-order valence-electron chi connectivity index (χ4n) is 4.97. The largest absolute Gasteiger partial charge is 0.481 e. The number of hydrogen-bond acceptors (Lipinski definition) is 2. The van der Waals surface area contributed by atoms with Gasteiger partial charge in [0.1, 0.15) is 0 Å². The molecule has 1 rings (SSSR count). The highest BCUT2D eigenvalue weighted by Crippen LogP contribution is 2.55. The van der Waals surface area contributed by atoms with E-state index in [0.29, 0.717) is 25.7 Å². The molecule has 0 fully saturated rings. The molecular weight excluding hydrogens is 352 g/mol. The molecule has 0 aromatic carbocycles. The third-order valence-electron chi connectivity index (χ3n) is 6.55. The standard InChI is InChI=1S/C24H42O4/c1-4-5-6-7-8-9-10-11-12-13-16-23(21(25)26)17-14-15-18-24(23,22(27)28)19-20(2)3/h14-15,20H,4-13,16-19H2,1-3H3,(H,25,26)(H,27,28). The van der Waals surface area contributed by atoms with Crippen molar-refractivity contribution in [3.63, 3.8) is 0 Å². The summed E-state index contributed by atoms with van der Waals surface area (Å²) in [5, 5.41) is 20.2. The third kappa shape index (κ3) is 6.35. The van der Waals surface area contributed by atoms with E-state index in [0.717, 1.165) is 19.3 Å². The lowest BCUT2D eigenvalue weighted by molar-refractivity contribution is -0.178. The molecule has 4 nitrogen and oxygen atoms in total. The predicted molar refractivity (Wildman–Crippen MR) is 114 cm³/mol. The first-order chi connectivity index (χ1) is 13.3. The Kier molecular flexibility index (Phi) is 10.8. The maximum absolute atomic E-state index is 12.4. The zero-order chi connectivity index (χ0) is 21.0. The number of rotatable bonds is 15. The van der Waals surface area contributed by atoms with Crippen LogP contribution in [0.1, 0.15) is 111 Å². The van der Waals surface area contributed by atoms with Crippen LogP contribution in [0.25, 0.3) is 0 Å². The molecule has 0 bridgehead atoms. The number of carbonyl (C=O) groups is 2. The molecule has 1 aliphatic rings. The van der Waals surface area contributed by atoms with Crippen LogP contribution in [0.2, 0.25) is 0 Å². The molecule has 0 aromatic heterocycles. The molecule has 0 aromatic rings. The fraction of sp³-hybridized carbons (Fsp3) is 0.833. The van der Waals surface area contributed by atoms with E-state index in [4.69, 9.17) is 0 Å². The minimum atomic E-state index is -1.19. The molecule has 0 heterocycles. The number of unbranched alkanes of at least 4 members (excludes halogenated alkanes) is 9. The highest BCUT2D eigenvalue weighted by Gasteiger charge is 2.60. The molecule has 0 radical (unpaired) electrons. The highest BCUT2D eigenvalue weighted by molar-refractivity contribution is 5.87. The monoisotopic (exact) mass is 394 g/mol. The van der Waals surface area contributed by atoms with Gasteiger partial charge in [0.15, 0.2) is 0 Å².